The standard InChI is InChI=1S/C14H15NO2S/c1-10-3-4-12-11(9-10)5-6-14(18-12,7-8-15)13(16)17-2/h3-4,9H,5-7H2,1-2H3. The second-order valence-electron chi connectivity index (χ2n) is 4.53. The highest BCUT2D eigenvalue weighted by Gasteiger charge is 2.43. The van der Waals surface area contributed by atoms with Gasteiger partial charge in [-0.05, 0) is 31.4 Å². The molecule has 0 radical (unpaired) electrons. The van der Waals surface area contributed by atoms with E-state index in [2.05, 4.69) is 19.1 Å². The summed E-state index contributed by atoms with van der Waals surface area (Å²) in [7, 11) is 1.38. The lowest BCUT2D eigenvalue weighted by atomic mass is 9.94. The average molecular weight is 261 g/mol. The number of fused-ring (bicyclic) bond motifs is 1. The van der Waals surface area contributed by atoms with Crippen molar-refractivity contribution in [3.63, 3.8) is 0 Å². The number of methoxy groups -OCH3 is 1. The number of ether oxygens (including phenoxy) is 1. The van der Waals surface area contributed by atoms with Gasteiger partial charge in [0.2, 0.25) is 0 Å². The number of esters is 1. The number of hydrogen-bond donors (Lipinski definition) is 0. The van der Waals surface area contributed by atoms with Gasteiger partial charge in [0.25, 0.3) is 0 Å². The summed E-state index contributed by atoms with van der Waals surface area (Å²) < 4.78 is 4.14. The van der Waals surface area contributed by atoms with Crippen molar-refractivity contribution in [2.24, 2.45) is 0 Å². The summed E-state index contributed by atoms with van der Waals surface area (Å²) in [5, 5.41) is 8.95. The van der Waals surface area contributed by atoms with Gasteiger partial charge in [0.15, 0.2) is 0 Å². The van der Waals surface area contributed by atoms with E-state index in [1.54, 1.807) is 0 Å². The smallest absolute Gasteiger partial charge is 0.323 e. The minimum absolute atomic E-state index is 0.192. The molecule has 0 amide bonds. The van der Waals surface area contributed by atoms with Gasteiger partial charge in [0.05, 0.1) is 19.6 Å². The number of aryl methyl sites for hydroxylation is 2. The zero-order valence-corrected chi connectivity index (χ0v) is 11.3. The van der Waals surface area contributed by atoms with E-state index in [4.69, 9.17) is 10.00 Å². The maximum Gasteiger partial charge on any atom is 0.323 e. The summed E-state index contributed by atoms with van der Waals surface area (Å²) in [6.07, 6.45) is 1.67. The molecule has 0 spiro atoms. The van der Waals surface area contributed by atoms with E-state index in [-0.39, 0.29) is 12.4 Å². The topological polar surface area (TPSA) is 50.1 Å². The molecule has 1 aliphatic rings. The van der Waals surface area contributed by atoms with Crippen molar-refractivity contribution >= 4 is 17.7 Å². The first-order valence-corrected chi connectivity index (χ1v) is 6.67. The lowest BCUT2D eigenvalue weighted by molar-refractivity contribution is -0.143. The third-order valence-electron chi connectivity index (χ3n) is 3.24. The van der Waals surface area contributed by atoms with Crippen LogP contribution in [0.4, 0.5) is 0 Å². The van der Waals surface area contributed by atoms with Crippen molar-refractivity contribution < 1.29 is 9.53 Å². The number of nitriles is 1. The Morgan fingerprint density at radius 1 is 1.61 bits per heavy atom. The van der Waals surface area contributed by atoms with Crippen molar-refractivity contribution in [1.82, 2.24) is 0 Å². The molecule has 0 aliphatic carbocycles. The normalized spacial score (nSPS) is 21.8. The van der Waals surface area contributed by atoms with Crippen LogP contribution in [0.1, 0.15) is 24.0 Å². The minimum atomic E-state index is -0.730. The van der Waals surface area contributed by atoms with Gasteiger partial charge in [0.1, 0.15) is 4.75 Å². The molecule has 2 rings (SSSR count). The highest BCUT2D eigenvalue weighted by Crippen LogP contribution is 2.46. The van der Waals surface area contributed by atoms with Crippen LogP contribution in [0, 0.1) is 18.3 Å². The number of benzene rings is 1. The lowest BCUT2D eigenvalue weighted by Crippen LogP contribution is -2.38. The van der Waals surface area contributed by atoms with Crippen molar-refractivity contribution in [3.8, 4) is 6.07 Å². The summed E-state index contributed by atoms with van der Waals surface area (Å²) in [5.74, 6) is -0.291. The molecule has 4 heteroatoms. The number of rotatable bonds is 2. The van der Waals surface area contributed by atoms with Crippen LogP contribution in [-0.2, 0) is 16.0 Å². The first kappa shape index (κ1) is 13.0. The summed E-state index contributed by atoms with van der Waals surface area (Å²) in [5.41, 5.74) is 2.48. The van der Waals surface area contributed by atoms with Crippen LogP contribution in [0.5, 0.6) is 0 Å². The van der Waals surface area contributed by atoms with Crippen molar-refractivity contribution in [1.29, 1.82) is 5.26 Å². The molecule has 0 fully saturated rings. The summed E-state index contributed by atoms with van der Waals surface area (Å²) in [6.45, 7) is 2.06. The van der Waals surface area contributed by atoms with E-state index >= 15 is 0 Å². The Morgan fingerprint density at radius 2 is 2.39 bits per heavy atom. The van der Waals surface area contributed by atoms with E-state index in [9.17, 15) is 4.79 Å². The molecule has 18 heavy (non-hydrogen) atoms. The highest BCUT2D eigenvalue weighted by atomic mass is 32.2. The molecule has 0 saturated heterocycles. The molecular weight excluding hydrogens is 246 g/mol. The maximum absolute atomic E-state index is 12.0. The molecule has 0 saturated carbocycles. The van der Waals surface area contributed by atoms with Crippen LogP contribution >= 0.6 is 11.8 Å². The molecular formula is C14H15NO2S. The Labute approximate surface area is 111 Å². The van der Waals surface area contributed by atoms with Gasteiger partial charge < -0.3 is 4.74 Å². The largest absolute Gasteiger partial charge is 0.468 e. The first-order valence-electron chi connectivity index (χ1n) is 5.85. The molecule has 94 valence electrons. The molecule has 1 aromatic carbocycles. The SMILES string of the molecule is COC(=O)C1(CC#N)CCc2cc(C)ccc2S1. The van der Waals surface area contributed by atoms with Crippen molar-refractivity contribution in [2.45, 2.75) is 35.8 Å². The van der Waals surface area contributed by atoms with Gasteiger partial charge in [-0.25, -0.2) is 0 Å². The van der Waals surface area contributed by atoms with Crippen molar-refractivity contribution in [2.75, 3.05) is 7.11 Å². The lowest BCUT2D eigenvalue weighted by Gasteiger charge is -2.33. The van der Waals surface area contributed by atoms with Gasteiger partial charge in [-0.3, -0.25) is 4.79 Å². The van der Waals surface area contributed by atoms with E-state index in [0.717, 1.165) is 11.3 Å². The van der Waals surface area contributed by atoms with Crippen molar-refractivity contribution in [3.05, 3.63) is 29.3 Å². The first-order chi connectivity index (χ1) is 8.61. The highest BCUT2D eigenvalue weighted by molar-refractivity contribution is 8.01. The third-order valence-corrected chi connectivity index (χ3v) is 4.77. The molecule has 1 aromatic rings. The Morgan fingerprint density at radius 3 is 3.06 bits per heavy atom. The van der Waals surface area contributed by atoms with E-state index < -0.39 is 4.75 Å². The molecule has 0 bridgehead atoms. The molecule has 1 heterocycles. The van der Waals surface area contributed by atoms with E-state index in [1.807, 2.05) is 12.1 Å². The Kier molecular flexibility index (Phi) is 3.63. The average Bonchev–Trinajstić information content (AvgIpc) is 2.38. The molecule has 0 aromatic heterocycles. The Balaban J connectivity index is 2.36. The molecule has 1 aliphatic heterocycles. The fraction of sp³-hybridized carbons (Fsp3) is 0.429. The number of carbonyl (C=O) groups is 1. The van der Waals surface area contributed by atoms with Gasteiger partial charge in [-0.1, -0.05) is 17.7 Å². The Bertz CT molecular complexity index is 521. The monoisotopic (exact) mass is 261 g/mol. The van der Waals surface area contributed by atoms with Crippen LogP contribution in [0.15, 0.2) is 23.1 Å². The molecule has 3 nitrogen and oxygen atoms in total. The van der Waals surface area contributed by atoms with Gasteiger partial charge in [-0.2, -0.15) is 5.26 Å². The van der Waals surface area contributed by atoms with Gasteiger partial charge >= 0.3 is 5.97 Å². The zero-order chi connectivity index (χ0) is 13.2. The van der Waals surface area contributed by atoms with E-state index in [0.29, 0.717) is 6.42 Å². The quantitative estimate of drug-likeness (QED) is 0.768. The van der Waals surface area contributed by atoms with Gasteiger partial charge in [0, 0.05) is 4.90 Å². The van der Waals surface area contributed by atoms with E-state index in [1.165, 1.54) is 30.0 Å². The second-order valence-corrected chi connectivity index (χ2v) is 5.96. The number of thioether (sulfide) groups is 1. The third kappa shape index (κ3) is 2.23. The van der Waals surface area contributed by atoms with Crippen LogP contribution in [0.3, 0.4) is 0 Å². The summed E-state index contributed by atoms with van der Waals surface area (Å²) in [6, 6.07) is 8.33. The fourth-order valence-corrected chi connectivity index (χ4v) is 3.61. The maximum atomic E-state index is 12.0. The zero-order valence-electron chi connectivity index (χ0n) is 10.5. The molecule has 1 unspecified atom stereocenters. The summed E-state index contributed by atoms with van der Waals surface area (Å²) >= 11 is 1.47. The second kappa shape index (κ2) is 5.03. The number of hydrogen-bond acceptors (Lipinski definition) is 4. The predicted molar refractivity (Wildman–Crippen MR) is 70.3 cm³/mol. The van der Waals surface area contributed by atoms with Gasteiger partial charge in [-0.15, -0.1) is 11.8 Å². The fourth-order valence-electron chi connectivity index (χ4n) is 2.26. The molecule has 0 N–H and O–H groups in total. The molecule has 1 atom stereocenters. The van der Waals surface area contributed by atoms with Crippen LogP contribution in [-0.4, -0.2) is 17.8 Å². The Hall–Kier alpha value is -1.47. The van der Waals surface area contributed by atoms with Crippen LogP contribution in [0.2, 0.25) is 0 Å². The van der Waals surface area contributed by atoms with Crippen LogP contribution < -0.4 is 0 Å². The van der Waals surface area contributed by atoms with Crippen LogP contribution in [0.25, 0.3) is 0 Å². The summed E-state index contributed by atoms with van der Waals surface area (Å²) in [4.78, 5) is 13.1. The number of carbonyl (C=O) groups excluding carboxylic acids is 1. The minimum Gasteiger partial charge on any atom is -0.468 e. The predicted octanol–water partition coefficient (Wildman–Crippen LogP) is 2.86. The number of nitrogens with zero attached hydrogens (tertiary/aromatic N) is 1.